The van der Waals surface area contributed by atoms with Crippen molar-refractivity contribution in [3.63, 3.8) is 0 Å². The van der Waals surface area contributed by atoms with Crippen LogP contribution in [0.3, 0.4) is 0 Å². The highest BCUT2D eigenvalue weighted by molar-refractivity contribution is 7.16. The molecule has 0 aromatic carbocycles. The van der Waals surface area contributed by atoms with Gasteiger partial charge in [0, 0.05) is 4.88 Å². The number of rotatable bonds is 5. The Hall–Kier alpha value is -0.580. The highest BCUT2D eigenvalue weighted by Gasteiger charge is 2.38. The molecule has 3 nitrogen and oxygen atoms in total. The van der Waals surface area contributed by atoms with E-state index in [4.69, 9.17) is 16.7 Å². The van der Waals surface area contributed by atoms with E-state index in [-0.39, 0.29) is 11.8 Å². The Kier molecular flexibility index (Phi) is 4.30. The van der Waals surface area contributed by atoms with Crippen LogP contribution in [0.4, 0.5) is 0 Å². The predicted octanol–water partition coefficient (Wildman–Crippen LogP) is 3.86. The van der Waals surface area contributed by atoms with Crippen LogP contribution in [0.5, 0.6) is 0 Å². The van der Waals surface area contributed by atoms with Crippen molar-refractivity contribution in [1.82, 2.24) is 0 Å². The molecule has 2 rings (SSSR count). The van der Waals surface area contributed by atoms with Gasteiger partial charge in [-0.15, -0.1) is 11.3 Å². The quantitative estimate of drug-likeness (QED) is 0.865. The smallest absolute Gasteiger partial charge is 0.303 e. The van der Waals surface area contributed by atoms with Gasteiger partial charge in [0.15, 0.2) is 0 Å². The van der Waals surface area contributed by atoms with E-state index < -0.39 is 12.1 Å². The first-order valence-corrected chi connectivity index (χ1v) is 7.35. The number of thiophene rings is 1. The number of aliphatic hydroxyl groups is 1. The minimum atomic E-state index is -0.770. The summed E-state index contributed by atoms with van der Waals surface area (Å²) in [5, 5.41) is 19.3. The van der Waals surface area contributed by atoms with E-state index in [1.165, 1.54) is 11.3 Å². The van der Waals surface area contributed by atoms with E-state index >= 15 is 0 Å². The lowest BCUT2D eigenvalue weighted by atomic mass is 9.77. The van der Waals surface area contributed by atoms with Gasteiger partial charge >= 0.3 is 5.97 Å². The molecule has 0 bridgehead atoms. The summed E-state index contributed by atoms with van der Waals surface area (Å²) in [5.74, 6) is -0.770. The zero-order valence-electron chi connectivity index (χ0n) is 10.1. The van der Waals surface area contributed by atoms with Gasteiger partial charge in [-0.1, -0.05) is 24.4 Å². The summed E-state index contributed by atoms with van der Waals surface area (Å²) < 4.78 is 0.655. The largest absolute Gasteiger partial charge is 0.481 e. The van der Waals surface area contributed by atoms with Crippen LogP contribution in [0.2, 0.25) is 4.34 Å². The summed E-state index contributed by atoms with van der Waals surface area (Å²) in [6, 6.07) is 3.59. The fourth-order valence-electron chi connectivity index (χ4n) is 2.92. The van der Waals surface area contributed by atoms with Gasteiger partial charge in [0.1, 0.15) is 0 Å². The Bertz CT molecular complexity index is 424. The maximum atomic E-state index is 11.0. The molecule has 18 heavy (non-hydrogen) atoms. The van der Waals surface area contributed by atoms with Gasteiger partial charge in [-0.25, -0.2) is 0 Å². The fourth-order valence-corrected chi connectivity index (χ4v) is 3.96. The maximum absolute atomic E-state index is 11.0. The molecule has 0 spiro atoms. The molecule has 1 unspecified atom stereocenters. The van der Waals surface area contributed by atoms with Crippen LogP contribution in [0.1, 0.15) is 49.5 Å². The summed E-state index contributed by atoms with van der Waals surface area (Å²) >= 11 is 7.22. The third kappa shape index (κ3) is 3.25. The molecule has 0 radical (unpaired) electrons. The van der Waals surface area contributed by atoms with E-state index in [2.05, 4.69) is 0 Å². The topological polar surface area (TPSA) is 57.5 Å². The second-order valence-corrected chi connectivity index (χ2v) is 6.89. The third-order valence-corrected chi connectivity index (χ3v) is 5.07. The van der Waals surface area contributed by atoms with E-state index in [0.29, 0.717) is 10.8 Å². The Morgan fingerprint density at radius 3 is 2.61 bits per heavy atom. The molecule has 1 heterocycles. The zero-order chi connectivity index (χ0) is 13.2. The Morgan fingerprint density at radius 1 is 1.44 bits per heavy atom. The summed E-state index contributed by atoms with van der Waals surface area (Å²) in [4.78, 5) is 11.8. The van der Waals surface area contributed by atoms with Crippen molar-refractivity contribution in [3.8, 4) is 0 Å². The van der Waals surface area contributed by atoms with Gasteiger partial charge < -0.3 is 10.2 Å². The molecule has 0 saturated heterocycles. The van der Waals surface area contributed by atoms with Gasteiger partial charge in [-0.2, -0.15) is 0 Å². The summed E-state index contributed by atoms with van der Waals surface area (Å²) in [6.07, 6.45) is 4.00. The van der Waals surface area contributed by atoms with Crippen LogP contribution in [0.25, 0.3) is 0 Å². The van der Waals surface area contributed by atoms with Crippen molar-refractivity contribution in [2.24, 2.45) is 5.41 Å². The fraction of sp³-hybridized carbons (Fsp3) is 0.615. The number of aliphatic hydroxyl groups excluding tert-OH is 1. The molecule has 2 N–H and O–H groups in total. The van der Waals surface area contributed by atoms with Crippen LogP contribution in [0.15, 0.2) is 12.1 Å². The Labute approximate surface area is 115 Å². The lowest BCUT2D eigenvalue weighted by Crippen LogP contribution is -2.23. The van der Waals surface area contributed by atoms with Crippen molar-refractivity contribution in [1.29, 1.82) is 0 Å². The van der Waals surface area contributed by atoms with Crippen LogP contribution in [-0.2, 0) is 4.79 Å². The van der Waals surface area contributed by atoms with Gasteiger partial charge in [-0.05, 0) is 36.8 Å². The number of hydrogen-bond donors (Lipinski definition) is 2. The first-order valence-electron chi connectivity index (χ1n) is 6.16. The number of halogens is 1. The second kappa shape index (κ2) is 5.59. The van der Waals surface area contributed by atoms with E-state index in [1.807, 2.05) is 6.07 Å². The minimum absolute atomic E-state index is 0.156. The molecule has 1 aromatic heterocycles. The lowest BCUT2D eigenvalue weighted by molar-refractivity contribution is -0.140. The molecule has 1 aliphatic carbocycles. The Balaban J connectivity index is 2.07. The van der Waals surface area contributed by atoms with Gasteiger partial charge in [0.25, 0.3) is 0 Å². The average Bonchev–Trinajstić information content (AvgIpc) is 2.87. The van der Waals surface area contributed by atoms with E-state index in [1.54, 1.807) is 6.07 Å². The highest BCUT2D eigenvalue weighted by atomic mass is 35.5. The zero-order valence-corrected chi connectivity index (χ0v) is 11.6. The molecule has 0 amide bonds. The average molecular weight is 289 g/mol. The standard InChI is InChI=1S/C13H17ClO3S/c14-11-4-3-10(18-11)9(15)7-13(8-12(16)17)5-1-2-6-13/h3-4,9,15H,1-2,5-8H2,(H,16,17). The summed E-state index contributed by atoms with van der Waals surface area (Å²) in [7, 11) is 0. The first kappa shape index (κ1) is 13.8. The van der Waals surface area contributed by atoms with Crippen molar-refractivity contribution >= 4 is 28.9 Å². The molecular formula is C13H17ClO3S. The molecule has 1 atom stereocenters. The van der Waals surface area contributed by atoms with Gasteiger partial charge in [-0.3, -0.25) is 4.79 Å². The molecule has 100 valence electrons. The van der Waals surface area contributed by atoms with Crippen molar-refractivity contribution in [2.75, 3.05) is 0 Å². The van der Waals surface area contributed by atoms with Crippen molar-refractivity contribution < 1.29 is 15.0 Å². The van der Waals surface area contributed by atoms with Gasteiger partial charge in [0.2, 0.25) is 0 Å². The predicted molar refractivity (Wildman–Crippen MR) is 72.1 cm³/mol. The molecule has 0 aliphatic heterocycles. The van der Waals surface area contributed by atoms with E-state index in [9.17, 15) is 9.90 Å². The minimum Gasteiger partial charge on any atom is -0.481 e. The van der Waals surface area contributed by atoms with Crippen LogP contribution < -0.4 is 0 Å². The summed E-state index contributed by atoms with van der Waals surface area (Å²) in [5.41, 5.74) is -0.234. The van der Waals surface area contributed by atoms with Crippen LogP contribution in [0, 0.1) is 5.41 Å². The van der Waals surface area contributed by atoms with Crippen molar-refractivity contribution in [2.45, 2.75) is 44.6 Å². The Morgan fingerprint density at radius 2 is 2.11 bits per heavy atom. The first-order chi connectivity index (χ1) is 8.51. The molecule has 1 saturated carbocycles. The normalized spacial score (nSPS) is 19.9. The number of carbonyl (C=O) groups is 1. The number of hydrogen-bond acceptors (Lipinski definition) is 3. The highest BCUT2D eigenvalue weighted by Crippen LogP contribution is 2.47. The maximum Gasteiger partial charge on any atom is 0.303 e. The van der Waals surface area contributed by atoms with Crippen LogP contribution in [-0.4, -0.2) is 16.2 Å². The molecule has 1 fully saturated rings. The number of carboxylic acid groups (broad SMARTS) is 1. The van der Waals surface area contributed by atoms with Crippen LogP contribution >= 0.6 is 22.9 Å². The third-order valence-electron chi connectivity index (χ3n) is 3.74. The lowest BCUT2D eigenvalue weighted by Gasteiger charge is -2.29. The molecule has 5 heteroatoms. The second-order valence-electron chi connectivity index (χ2n) is 5.14. The molecule has 1 aromatic rings. The van der Waals surface area contributed by atoms with E-state index in [0.717, 1.165) is 30.6 Å². The van der Waals surface area contributed by atoms with Crippen molar-refractivity contribution in [3.05, 3.63) is 21.3 Å². The SMILES string of the molecule is O=C(O)CC1(CC(O)c2ccc(Cl)s2)CCCC1. The summed E-state index contributed by atoms with van der Waals surface area (Å²) in [6.45, 7) is 0. The molecular weight excluding hydrogens is 272 g/mol. The molecule has 1 aliphatic rings. The van der Waals surface area contributed by atoms with Gasteiger partial charge in [0.05, 0.1) is 16.9 Å². The number of aliphatic carboxylic acids is 1. The monoisotopic (exact) mass is 288 g/mol. The number of carboxylic acids is 1.